The predicted molar refractivity (Wildman–Crippen MR) is 86.0 cm³/mol. The van der Waals surface area contributed by atoms with Crippen LogP contribution in [0.5, 0.6) is 0 Å². The highest BCUT2D eigenvalue weighted by Gasteiger charge is 2.57. The lowest BCUT2D eigenvalue weighted by Crippen LogP contribution is -2.45. The summed E-state index contributed by atoms with van der Waals surface area (Å²) in [7, 11) is 1.33. The number of halogens is 3. The highest BCUT2D eigenvalue weighted by molar-refractivity contribution is 7.15. The maximum absolute atomic E-state index is 13.4. The van der Waals surface area contributed by atoms with Gasteiger partial charge in [-0.2, -0.15) is 22.6 Å². The molecule has 3 aromatic rings. The molecule has 9 nitrogen and oxygen atoms in total. The van der Waals surface area contributed by atoms with E-state index in [0.717, 1.165) is 22.1 Å². The first-order chi connectivity index (χ1) is 12.1. The van der Waals surface area contributed by atoms with Gasteiger partial charge in [-0.1, -0.05) is 11.3 Å². The van der Waals surface area contributed by atoms with Crippen LogP contribution < -0.4 is 5.32 Å². The van der Waals surface area contributed by atoms with Gasteiger partial charge in [0.25, 0.3) is 4.96 Å². The molecule has 0 aliphatic carbocycles. The van der Waals surface area contributed by atoms with Gasteiger partial charge in [-0.15, -0.1) is 0 Å². The first-order valence-corrected chi connectivity index (χ1v) is 8.14. The van der Waals surface area contributed by atoms with Crippen molar-refractivity contribution in [2.24, 2.45) is 7.05 Å². The van der Waals surface area contributed by atoms with E-state index in [9.17, 15) is 28.4 Å². The number of nitro groups is 1. The molecule has 3 heterocycles. The summed E-state index contributed by atoms with van der Waals surface area (Å²) in [5.74, 6) is -1.10. The summed E-state index contributed by atoms with van der Waals surface area (Å²) in [6.45, 7) is -0.408. The second-order valence-electron chi connectivity index (χ2n) is 5.49. The van der Waals surface area contributed by atoms with Crippen LogP contribution in [0.1, 0.15) is 12.2 Å². The number of nitrogens with zero attached hydrogens (tertiary/aromatic N) is 5. The average molecular weight is 390 g/mol. The van der Waals surface area contributed by atoms with E-state index in [2.05, 4.69) is 15.3 Å². The molecule has 0 saturated carbocycles. The van der Waals surface area contributed by atoms with Crippen LogP contribution in [0.15, 0.2) is 24.0 Å². The molecule has 2 N–H and O–H groups in total. The van der Waals surface area contributed by atoms with Gasteiger partial charge in [0, 0.05) is 37.8 Å². The summed E-state index contributed by atoms with van der Waals surface area (Å²) in [6, 6.07) is 0. The Hall–Kier alpha value is -2.67. The van der Waals surface area contributed by atoms with E-state index >= 15 is 0 Å². The number of thiazole rings is 1. The standard InChI is InChI=1S/C13H13F3N6O3S/c1-20-5-4-18-10(20)12(23,13(14,15)16)2-3-17-8-9(22(24)25)21-6-7-26-11(21)19-8/h4-7,17,23H,2-3H2,1H3. The third-order valence-corrected chi connectivity index (χ3v) is 4.61. The van der Waals surface area contributed by atoms with Crippen molar-refractivity contribution in [3.8, 4) is 0 Å². The molecule has 0 bridgehead atoms. The van der Waals surface area contributed by atoms with E-state index in [4.69, 9.17) is 0 Å². The van der Waals surface area contributed by atoms with Crippen LogP contribution in [-0.4, -0.2) is 41.7 Å². The number of aromatic nitrogens is 4. The van der Waals surface area contributed by atoms with Gasteiger partial charge in [0.1, 0.15) is 12.0 Å². The van der Waals surface area contributed by atoms with Crippen LogP contribution in [0, 0.1) is 10.1 Å². The van der Waals surface area contributed by atoms with Gasteiger partial charge in [-0.3, -0.25) is 0 Å². The van der Waals surface area contributed by atoms with Crippen molar-refractivity contribution >= 4 is 27.9 Å². The van der Waals surface area contributed by atoms with Crippen LogP contribution >= 0.6 is 11.3 Å². The Morgan fingerprint density at radius 2 is 2.15 bits per heavy atom. The topological polar surface area (TPSA) is 111 Å². The molecule has 0 aromatic carbocycles. The number of imidazole rings is 2. The molecule has 0 aliphatic rings. The van der Waals surface area contributed by atoms with Crippen molar-refractivity contribution in [1.82, 2.24) is 18.9 Å². The molecule has 3 rings (SSSR count). The molecule has 0 amide bonds. The molecule has 1 atom stereocenters. The third kappa shape index (κ3) is 2.88. The van der Waals surface area contributed by atoms with E-state index in [0.29, 0.717) is 4.96 Å². The highest BCUT2D eigenvalue weighted by Crippen LogP contribution is 2.40. The maximum Gasteiger partial charge on any atom is 0.424 e. The lowest BCUT2D eigenvalue weighted by atomic mass is 9.97. The van der Waals surface area contributed by atoms with Crippen LogP contribution in [0.2, 0.25) is 0 Å². The molecule has 1 unspecified atom stereocenters. The second-order valence-corrected chi connectivity index (χ2v) is 6.37. The maximum atomic E-state index is 13.4. The molecule has 0 aliphatic heterocycles. The van der Waals surface area contributed by atoms with Gasteiger partial charge in [0.15, 0.2) is 0 Å². The molecular weight excluding hydrogens is 377 g/mol. The minimum Gasteiger partial charge on any atom is -0.374 e. The van der Waals surface area contributed by atoms with Gasteiger partial charge < -0.3 is 25.1 Å². The molecule has 26 heavy (non-hydrogen) atoms. The fraction of sp³-hybridized carbons (Fsp3) is 0.385. The molecule has 3 aromatic heterocycles. The van der Waals surface area contributed by atoms with Crippen molar-refractivity contribution < 1.29 is 23.2 Å². The average Bonchev–Trinajstić information content (AvgIpc) is 3.20. The van der Waals surface area contributed by atoms with Gasteiger partial charge in [-0.05, 0) is 4.92 Å². The van der Waals surface area contributed by atoms with Gasteiger partial charge in [-0.25, -0.2) is 4.98 Å². The zero-order valence-corrected chi connectivity index (χ0v) is 14.1. The van der Waals surface area contributed by atoms with E-state index in [1.54, 1.807) is 5.38 Å². The summed E-state index contributed by atoms with van der Waals surface area (Å²) in [5.41, 5.74) is -3.20. The molecule has 0 saturated heterocycles. The van der Waals surface area contributed by atoms with Crippen molar-refractivity contribution in [1.29, 1.82) is 0 Å². The smallest absolute Gasteiger partial charge is 0.374 e. The normalized spacial score (nSPS) is 14.5. The van der Waals surface area contributed by atoms with Crippen LogP contribution in [-0.2, 0) is 12.6 Å². The Balaban J connectivity index is 1.84. The lowest BCUT2D eigenvalue weighted by Gasteiger charge is -2.29. The molecule has 13 heteroatoms. The van der Waals surface area contributed by atoms with E-state index in [1.165, 1.54) is 23.8 Å². The van der Waals surface area contributed by atoms with Crippen molar-refractivity contribution in [2.45, 2.75) is 18.2 Å². The number of fused-ring (bicyclic) bond motifs is 1. The Morgan fingerprint density at radius 3 is 2.73 bits per heavy atom. The number of nitrogens with one attached hydrogen (secondary N) is 1. The fourth-order valence-electron chi connectivity index (χ4n) is 2.57. The summed E-state index contributed by atoms with van der Waals surface area (Å²) < 4.78 is 42.6. The minimum absolute atomic E-state index is 0.161. The quantitative estimate of drug-likeness (QED) is 0.494. The molecule has 140 valence electrons. The number of hydrogen-bond donors (Lipinski definition) is 2. The molecular formula is C13H13F3N6O3S. The minimum atomic E-state index is -4.98. The summed E-state index contributed by atoms with van der Waals surface area (Å²) in [4.78, 5) is 18.5. The Bertz CT molecular complexity index is 949. The van der Waals surface area contributed by atoms with E-state index in [1.807, 2.05) is 0 Å². The summed E-state index contributed by atoms with van der Waals surface area (Å²) >= 11 is 1.15. The number of alkyl halides is 3. The van der Waals surface area contributed by atoms with E-state index in [-0.39, 0.29) is 11.6 Å². The number of hydrogen-bond acceptors (Lipinski definition) is 7. The Kier molecular flexibility index (Phi) is 4.36. The van der Waals surface area contributed by atoms with E-state index < -0.39 is 35.5 Å². The van der Waals surface area contributed by atoms with Crippen LogP contribution in [0.4, 0.5) is 24.8 Å². The monoisotopic (exact) mass is 390 g/mol. The molecule has 0 fully saturated rings. The van der Waals surface area contributed by atoms with Gasteiger partial charge >= 0.3 is 12.0 Å². The zero-order valence-electron chi connectivity index (χ0n) is 13.3. The second kappa shape index (κ2) is 6.25. The third-order valence-electron chi connectivity index (χ3n) is 3.85. The van der Waals surface area contributed by atoms with Gasteiger partial charge in [0.2, 0.25) is 11.4 Å². The molecule has 0 spiro atoms. The largest absolute Gasteiger partial charge is 0.424 e. The first kappa shape index (κ1) is 18.1. The summed E-state index contributed by atoms with van der Waals surface area (Å²) in [5, 5.41) is 25.6. The first-order valence-electron chi connectivity index (χ1n) is 7.26. The van der Waals surface area contributed by atoms with Gasteiger partial charge in [0.05, 0.1) is 0 Å². The zero-order chi connectivity index (χ0) is 19.1. The number of rotatable bonds is 6. The number of aryl methyl sites for hydroxylation is 1. The Morgan fingerprint density at radius 1 is 1.42 bits per heavy atom. The van der Waals surface area contributed by atoms with Crippen molar-refractivity contribution in [2.75, 3.05) is 11.9 Å². The van der Waals surface area contributed by atoms with Crippen molar-refractivity contribution in [3.63, 3.8) is 0 Å². The number of aliphatic hydroxyl groups is 1. The van der Waals surface area contributed by atoms with Crippen molar-refractivity contribution in [3.05, 3.63) is 39.9 Å². The highest BCUT2D eigenvalue weighted by atomic mass is 32.1. The predicted octanol–water partition coefficient (Wildman–Crippen LogP) is 2.29. The fourth-order valence-corrected chi connectivity index (χ4v) is 3.28. The summed E-state index contributed by atoms with van der Waals surface area (Å²) in [6.07, 6.45) is -1.91. The van der Waals surface area contributed by atoms with Crippen LogP contribution in [0.25, 0.3) is 4.96 Å². The SMILES string of the molecule is Cn1ccnc1C(O)(CCNc1nc2sccn2c1[N+](=O)[O-])C(F)(F)F. The lowest BCUT2D eigenvalue weighted by molar-refractivity contribution is -0.389. The number of anilines is 1. The Labute approximate surface area is 147 Å². The van der Waals surface area contributed by atoms with Crippen LogP contribution in [0.3, 0.4) is 0 Å². The molecule has 0 radical (unpaired) electrons.